The van der Waals surface area contributed by atoms with Gasteiger partial charge in [-0.05, 0) is 153 Å². The Morgan fingerprint density at radius 2 is 1.06 bits per heavy atom. The van der Waals surface area contributed by atoms with Crippen LogP contribution in [0.25, 0.3) is 0 Å². The van der Waals surface area contributed by atoms with Gasteiger partial charge in [0.05, 0.1) is 47.2 Å². The fourth-order valence-corrected chi connectivity index (χ4v) is 9.00. The fourth-order valence-electron chi connectivity index (χ4n) is 7.76. The first-order chi connectivity index (χ1) is 32.3. The number of nitrogens with one attached hydrogen (secondary N) is 3. The van der Waals surface area contributed by atoms with Crippen molar-refractivity contribution in [3.8, 4) is 0 Å². The van der Waals surface area contributed by atoms with E-state index in [0.717, 1.165) is 63.5 Å². The maximum Gasteiger partial charge on any atom is 0.399 e. The molecule has 0 bridgehead atoms. The molecule has 71 heavy (non-hydrogen) atoms. The summed E-state index contributed by atoms with van der Waals surface area (Å²) in [4.78, 5) is 32.2. The maximum absolute atomic E-state index is 14.7. The molecule has 13 nitrogen and oxygen atoms in total. The van der Waals surface area contributed by atoms with Gasteiger partial charge in [-0.25, -0.2) is 25.6 Å². The number of nitrogens with two attached hydrogens (primary N) is 1. The van der Waals surface area contributed by atoms with Crippen LogP contribution in [-0.2, 0) is 66.1 Å². The summed E-state index contributed by atoms with van der Waals surface area (Å²) in [5.41, 5.74) is 6.13. The number of carboxylic acid groups (broad SMARTS) is 1. The number of nitrogens with zero attached hydrogens (tertiary/aromatic N) is 2. The predicted octanol–water partition coefficient (Wildman–Crippen LogP) is 9.36. The predicted molar refractivity (Wildman–Crippen MR) is 254 cm³/mol. The van der Waals surface area contributed by atoms with Crippen LogP contribution in [0.3, 0.4) is 0 Å². The number of carboxylic acids is 1. The molecule has 2 aromatic heterocycles. The molecule has 0 saturated heterocycles. The summed E-state index contributed by atoms with van der Waals surface area (Å²) in [7, 11) is -6.97. The van der Waals surface area contributed by atoms with Gasteiger partial charge in [-0.15, -0.1) is 0 Å². The molecule has 0 aliphatic heterocycles. The number of alkyl halides is 6. The minimum atomic E-state index is -4.44. The van der Waals surface area contributed by atoms with Crippen LogP contribution in [0.5, 0.6) is 0 Å². The second kappa shape index (κ2) is 21.7. The number of pyridine rings is 2. The van der Waals surface area contributed by atoms with Crippen LogP contribution in [0.2, 0.25) is 0 Å². The van der Waals surface area contributed by atoms with E-state index in [0.29, 0.717) is 66.6 Å². The Bertz CT molecular complexity index is 2860. The third-order valence-corrected chi connectivity index (χ3v) is 13.7. The second-order valence-corrected chi connectivity index (χ2v) is 22.7. The Morgan fingerprint density at radius 1 is 0.676 bits per heavy atom. The van der Waals surface area contributed by atoms with Crippen LogP contribution in [-0.4, -0.2) is 68.7 Å². The Hall–Kier alpha value is -5.42. The van der Waals surface area contributed by atoms with Gasteiger partial charge in [-0.1, -0.05) is 12.1 Å². The zero-order valence-corrected chi connectivity index (χ0v) is 42.5. The first-order valence-corrected chi connectivity index (χ1v) is 26.1. The monoisotopic (exact) mass is 1050 g/mol. The van der Waals surface area contributed by atoms with Crippen LogP contribution in [0, 0.1) is 37.3 Å². The van der Waals surface area contributed by atoms with Gasteiger partial charge in [-0.2, -0.15) is 26.3 Å². The highest BCUT2D eigenvalue weighted by Crippen LogP contribution is 2.42. The summed E-state index contributed by atoms with van der Waals surface area (Å²) in [6.45, 7) is 11.0. The molecular formula is C48H60F8N6O7S2. The number of aryl methyl sites for hydroxylation is 4. The van der Waals surface area contributed by atoms with E-state index in [9.17, 15) is 61.5 Å². The number of aromatic nitrogens is 2. The van der Waals surface area contributed by atoms with E-state index in [1.54, 1.807) is 45.9 Å². The van der Waals surface area contributed by atoms with Gasteiger partial charge in [0.15, 0.2) is 0 Å². The number of hydrogen-bond acceptors (Lipinski definition) is 9. The van der Waals surface area contributed by atoms with E-state index in [1.807, 2.05) is 0 Å². The molecule has 4 atom stereocenters. The number of aliphatic carboxylic acids is 1. The van der Waals surface area contributed by atoms with Crippen molar-refractivity contribution in [3.05, 3.63) is 116 Å². The molecule has 0 spiro atoms. The number of benzene rings is 2. The van der Waals surface area contributed by atoms with Gasteiger partial charge in [0.25, 0.3) is 0 Å². The highest BCUT2D eigenvalue weighted by atomic mass is 32.2. The highest BCUT2D eigenvalue weighted by Gasteiger charge is 2.51. The van der Waals surface area contributed by atoms with Gasteiger partial charge < -0.3 is 16.2 Å². The number of anilines is 2. The summed E-state index contributed by atoms with van der Waals surface area (Å²) in [5.74, 6) is -3.22. The highest BCUT2D eigenvalue weighted by molar-refractivity contribution is 7.92. The van der Waals surface area contributed by atoms with Crippen LogP contribution < -0.4 is 20.5 Å². The molecule has 0 radical (unpaired) electrons. The van der Waals surface area contributed by atoms with Crippen molar-refractivity contribution in [1.29, 1.82) is 0 Å². The Morgan fingerprint density at radius 3 is 1.44 bits per heavy atom. The second-order valence-electron chi connectivity index (χ2n) is 19.2. The number of halogens is 8. The van der Waals surface area contributed by atoms with Gasteiger partial charge >= 0.3 is 18.3 Å². The summed E-state index contributed by atoms with van der Waals surface area (Å²) in [5, 5.41) is 11.8. The molecule has 2 aliphatic carbocycles. The smallest absolute Gasteiger partial charge is 0.399 e. The molecule has 6 N–H and O–H groups in total. The van der Waals surface area contributed by atoms with E-state index in [-0.39, 0.29) is 34.2 Å². The topological polar surface area (TPSA) is 211 Å². The van der Waals surface area contributed by atoms with Crippen LogP contribution in [0.4, 0.5) is 46.5 Å². The summed E-state index contributed by atoms with van der Waals surface area (Å²) in [6.07, 6.45) is -4.55. The van der Waals surface area contributed by atoms with Crippen molar-refractivity contribution in [2.24, 2.45) is 17.6 Å². The molecule has 2 heterocycles. The van der Waals surface area contributed by atoms with Crippen molar-refractivity contribution in [1.82, 2.24) is 15.3 Å². The van der Waals surface area contributed by atoms with Crippen LogP contribution >= 0.6 is 0 Å². The number of hydrogen-bond donors (Lipinski definition) is 5. The summed E-state index contributed by atoms with van der Waals surface area (Å²) in [6, 6.07) is 10.1. The lowest BCUT2D eigenvalue weighted by Gasteiger charge is -2.30. The Labute approximate surface area is 408 Å². The van der Waals surface area contributed by atoms with Gasteiger partial charge in [0.2, 0.25) is 26.0 Å². The van der Waals surface area contributed by atoms with Crippen molar-refractivity contribution in [2.45, 2.75) is 129 Å². The van der Waals surface area contributed by atoms with E-state index in [2.05, 4.69) is 24.7 Å². The molecule has 1 amide bonds. The summed E-state index contributed by atoms with van der Waals surface area (Å²) < 4.78 is 157. The molecule has 0 saturated carbocycles. The largest absolute Gasteiger partial charge is 0.481 e. The fraction of sp³-hybridized carbons (Fsp3) is 0.500. The molecule has 2 aliphatic rings. The molecule has 392 valence electrons. The molecule has 4 aromatic rings. The Balaban J connectivity index is 0.000000256. The Kier molecular flexibility index (Phi) is 17.8. The van der Waals surface area contributed by atoms with E-state index in [1.165, 1.54) is 18.2 Å². The normalized spacial score (nSPS) is 17.2. The number of carbonyl (C=O) groups is 2. The number of carbonyl (C=O) groups excluding carboxylic acids is 1. The minimum absolute atomic E-state index is 0.0162. The number of fused-ring (bicyclic) bond motifs is 2. The third-order valence-electron chi connectivity index (χ3n) is 12.5. The van der Waals surface area contributed by atoms with Crippen molar-refractivity contribution in [2.75, 3.05) is 22.0 Å². The average Bonchev–Trinajstić information content (AvgIpc) is 3.23. The lowest BCUT2D eigenvalue weighted by Crippen LogP contribution is -2.38. The zero-order chi connectivity index (χ0) is 54.0. The number of rotatable bonds is 11. The molecule has 23 heteroatoms. The van der Waals surface area contributed by atoms with E-state index < -0.39 is 84.8 Å². The van der Waals surface area contributed by atoms with E-state index >= 15 is 0 Å². The number of amides is 1. The number of sulfonamides is 2. The van der Waals surface area contributed by atoms with Crippen molar-refractivity contribution >= 4 is 43.3 Å². The standard InChI is InChI=1S/C24H29F4N3O3S.C14H16F3NO2.C10H15FN2O2S/c1-13-10-17(18(25)12-20(13)31-35(5,33)34)14(2)29-22(32)16-6-8-19-15(11-16)7-9-21(30-19)23(3,4)24(26,27)28;1-13(2,14(15,16)17)11-6-4-8-7-9(12(19)20)3-5-10(8)18-11;1-6-4-8(7(2)12)9(11)5-10(6)13-16(3,14)15/h7,9-10,12,14,16,31H,6,8,11H2,1-5H3,(H,29,32);4,6,9H,3,5,7H2,1-2H3,(H,19,20);4-5,7,13H,12H2,1-3H3/t14-,16-;9-;7-/m111/s1. The van der Waals surface area contributed by atoms with Crippen LogP contribution in [0.1, 0.15) is 123 Å². The summed E-state index contributed by atoms with van der Waals surface area (Å²) >= 11 is 0. The third kappa shape index (κ3) is 14.8. The van der Waals surface area contributed by atoms with Crippen molar-refractivity contribution in [3.63, 3.8) is 0 Å². The van der Waals surface area contributed by atoms with Gasteiger partial charge in [0, 0.05) is 34.5 Å². The van der Waals surface area contributed by atoms with Gasteiger partial charge in [-0.3, -0.25) is 29.0 Å². The molecular weight excluding hydrogens is 989 g/mol. The molecule has 6 rings (SSSR count). The first-order valence-electron chi connectivity index (χ1n) is 22.3. The van der Waals surface area contributed by atoms with Crippen molar-refractivity contribution < 1.29 is 66.7 Å². The first kappa shape index (κ1) is 58.2. The quantitative estimate of drug-likeness (QED) is 0.0899. The van der Waals surface area contributed by atoms with Crippen LogP contribution in [0.15, 0.2) is 48.5 Å². The van der Waals surface area contributed by atoms with Gasteiger partial charge in [0.1, 0.15) is 22.5 Å². The SMILES string of the molecule is CC(C)(c1ccc2c(n1)CC[C@@H](C(=O)O)C2)C(F)(F)F.Cc1cc([C@@H](C)N)c(F)cc1NS(C)(=O)=O.Cc1cc([C@@H](C)NC(=O)[C@@H]2CCc3nc(C(C)(C)C(F)(F)F)ccc3C2)c(F)cc1NS(C)(=O)=O. The molecule has 0 fully saturated rings. The van der Waals surface area contributed by atoms with E-state index in [4.69, 9.17) is 10.8 Å². The maximum atomic E-state index is 14.7. The minimum Gasteiger partial charge on any atom is -0.481 e. The molecule has 0 unspecified atom stereocenters. The average molecular weight is 1050 g/mol. The zero-order valence-electron chi connectivity index (χ0n) is 40.9. The lowest BCUT2D eigenvalue weighted by atomic mass is 9.83. The molecule has 2 aromatic carbocycles. The lowest BCUT2D eigenvalue weighted by molar-refractivity contribution is -0.181.